The molecule has 0 saturated carbocycles. The maximum absolute atomic E-state index is 9.96. The van der Waals surface area contributed by atoms with Gasteiger partial charge in [0.2, 0.25) is 0 Å². The molecule has 0 radical (unpaired) electrons. The summed E-state index contributed by atoms with van der Waals surface area (Å²) < 4.78 is 4.34. The van der Waals surface area contributed by atoms with E-state index in [1.165, 1.54) is 0 Å². The lowest BCUT2D eigenvalue weighted by Crippen LogP contribution is -2.33. The Morgan fingerprint density at radius 2 is 2.20 bits per heavy atom. The minimum absolute atomic E-state index is 0.179. The van der Waals surface area contributed by atoms with Crippen molar-refractivity contribution >= 4 is 19.1 Å². The first-order chi connectivity index (χ1) is 7.27. The largest absolute Gasteiger partial charge is 0.561 e. The van der Waals surface area contributed by atoms with Crippen molar-refractivity contribution in [2.75, 3.05) is 0 Å². The molecule has 0 saturated heterocycles. The van der Waals surface area contributed by atoms with Crippen LogP contribution in [0.25, 0.3) is 10.4 Å². The number of carbonyl (C=O) groups is 1. The number of hydrogen-bond acceptors (Lipinski definition) is 4. The quantitative estimate of drug-likeness (QED) is 0.247. The van der Waals surface area contributed by atoms with Gasteiger partial charge in [-0.15, -0.1) is 0 Å². The summed E-state index contributed by atoms with van der Waals surface area (Å²) in [4.78, 5) is 12.6. The summed E-state index contributed by atoms with van der Waals surface area (Å²) in [7, 11) is -1.25. The third-order valence-corrected chi connectivity index (χ3v) is 1.77. The van der Waals surface area contributed by atoms with E-state index in [-0.39, 0.29) is 13.0 Å². The summed E-state index contributed by atoms with van der Waals surface area (Å²) in [5.74, 6) is 0. The van der Waals surface area contributed by atoms with E-state index in [9.17, 15) is 9.82 Å². The van der Waals surface area contributed by atoms with Crippen molar-refractivity contribution in [1.29, 1.82) is 0 Å². The fourth-order valence-corrected chi connectivity index (χ4v) is 1.03. The van der Waals surface area contributed by atoms with Crippen LogP contribution in [-0.2, 0) is 16.0 Å². The second-order valence-corrected chi connectivity index (χ2v) is 2.72. The zero-order chi connectivity index (χ0) is 11.1. The van der Waals surface area contributed by atoms with Gasteiger partial charge < -0.3 is 9.68 Å². The van der Waals surface area contributed by atoms with Gasteiger partial charge in [0.1, 0.15) is 0 Å². The lowest BCUT2D eigenvalue weighted by molar-refractivity contribution is -0.121. The third kappa shape index (κ3) is 3.34. The van der Waals surface area contributed by atoms with Crippen molar-refractivity contribution in [1.82, 2.24) is 0 Å². The van der Waals surface area contributed by atoms with E-state index >= 15 is 0 Å². The highest BCUT2D eigenvalue weighted by molar-refractivity contribution is 6.61. The van der Waals surface area contributed by atoms with Gasteiger partial charge in [0.05, 0.1) is 6.54 Å². The highest BCUT2D eigenvalue weighted by Crippen LogP contribution is 1.99. The Morgan fingerprint density at radius 1 is 1.53 bits per heavy atom. The van der Waals surface area contributed by atoms with E-state index < -0.39 is 7.12 Å². The molecule has 0 aromatic heterocycles. The molecule has 6 nitrogen and oxygen atoms in total. The molecular weight excluding hydrogens is 197 g/mol. The molecule has 0 amide bonds. The summed E-state index contributed by atoms with van der Waals surface area (Å²) in [6, 6.07) is 6.55. The van der Waals surface area contributed by atoms with Gasteiger partial charge in [-0.25, -0.2) is 0 Å². The van der Waals surface area contributed by atoms with Gasteiger partial charge in [-0.1, -0.05) is 29.4 Å². The molecule has 76 valence electrons. The summed E-state index contributed by atoms with van der Waals surface area (Å²) in [6.07, 6.45) is 0. The minimum atomic E-state index is -1.25. The Balaban J connectivity index is 2.70. The summed E-state index contributed by atoms with van der Waals surface area (Å²) in [5, 5.41) is 12.6. The van der Waals surface area contributed by atoms with E-state index in [2.05, 4.69) is 14.7 Å². The average molecular weight is 205 g/mol. The molecule has 0 aliphatic carbocycles. The first kappa shape index (κ1) is 11.1. The van der Waals surface area contributed by atoms with E-state index in [1.54, 1.807) is 24.3 Å². The predicted molar refractivity (Wildman–Crippen MR) is 54.0 cm³/mol. The third-order valence-electron chi connectivity index (χ3n) is 1.77. The van der Waals surface area contributed by atoms with Crippen LogP contribution in [0.15, 0.2) is 29.4 Å². The molecule has 1 aromatic rings. The van der Waals surface area contributed by atoms with Gasteiger partial charge >= 0.3 is 7.12 Å². The molecule has 7 heteroatoms. The molecule has 0 spiro atoms. The molecular formula is C8H8BN3O3. The number of benzene rings is 1. The normalized spacial score (nSPS) is 8.87. The van der Waals surface area contributed by atoms with Crippen molar-refractivity contribution in [3.8, 4) is 0 Å². The molecule has 0 aliphatic heterocycles. The van der Waals surface area contributed by atoms with Gasteiger partial charge in [0.25, 0.3) is 6.47 Å². The predicted octanol–water partition coefficient (Wildman–Crippen LogP) is 0.357. The van der Waals surface area contributed by atoms with E-state index in [0.717, 1.165) is 5.56 Å². The van der Waals surface area contributed by atoms with Gasteiger partial charge in [-0.05, 0) is 16.6 Å². The lowest BCUT2D eigenvalue weighted by atomic mass is 9.79. The van der Waals surface area contributed by atoms with Gasteiger partial charge in [0.15, 0.2) is 0 Å². The van der Waals surface area contributed by atoms with Gasteiger partial charge in [-0.3, -0.25) is 4.79 Å². The molecule has 0 atom stereocenters. The van der Waals surface area contributed by atoms with Crippen LogP contribution < -0.4 is 5.46 Å². The molecule has 1 N–H and O–H groups in total. The zero-order valence-electron chi connectivity index (χ0n) is 7.78. The van der Waals surface area contributed by atoms with Crippen LogP contribution in [0.1, 0.15) is 5.56 Å². The lowest BCUT2D eigenvalue weighted by Gasteiger charge is -2.03. The Labute approximate surface area is 86.3 Å². The molecule has 0 bridgehead atoms. The van der Waals surface area contributed by atoms with Crippen molar-refractivity contribution < 1.29 is 14.5 Å². The van der Waals surface area contributed by atoms with Crippen molar-refractivity contribution in [3.63, 3.8) is 0 Å². The van der Waals surface area contributed by atoms with Crippen molar-refractivity contribution in [2.45, 2.75) is 6.54 Å². The molecule has 1 rings (SSSR count). The molecule has 0 unspecified atom stereocenters. The number of azide groups is 1. The maximum atomic E-state index is 9.96. The van der Waals surface area contributed by atoms with Crippen LogP contribution in [0.3, 0.4) is 0 Å². The van der Waals surface area contributed by atoms with Gasteiger partial charge in [-0.2, -0.15) is 0 Å². The fraction of sp³-hybridized carbons (Fsp3) is 0.125. The SMILES string of the molecule is [N-]=[N+]=NCc1ccc(B(O)OC=O)cc1. The Morgan fingerprint density at radius 3 is 2.73 bits per heavy atom. The number of carbonyl (C=O) groups excluding carboxylic acids is 1. The summed E-state index contributed by atoms with van der Waals surface area (Å²) in [5.41, 5.74) is 9.38. The second-order valence-electron chi connectivity index (χ2n) is 2.72. The highest BCUT2D eigenvalue weighted by atomic mass is 16.5. The van der Waals surface area contributed by atoms with Crippen LogP contribution in [-0.4, -0.2) is 18.6 Å². The van der Waals surface area contributed by atoms with Crippen molar-refractivity contribution in [2.24, 2.45) is 5.11 Å². The Kier molecular flexibility index (Phi) is 4.21. The number of rotatable bonds is 5. The molecule has 0 fully saturated rings. The number of nitrogens with zero attached hydrogens (tertiary/aromatic N) is 3. The van der Waals surface area contributed by atoms with E-state index in [4.69, 9.17) is 5.53 Å². The fourth-order valence-electron chi connectivity index (χ4n) is 1.03. The maximum Gasteiger partial charge on any atom is 0.561 e. The van der Waals surface area contributed by atoms with Crippen LogP contribution in [0.5, 0.6) is 0 Å². The highest BCUT2D eigenvalue weighted by Gasteiger charge is 2.16. The molecule has 0 heterocycles. The van der Waals surface area contributed by atoms with Crippen LogP contribution in [0.2, 0.25) is 0 Å². The molecule has 15 heavy (non-hydrogen) atoms. The topological polar surface area (TPSA) is 95.3 Å². The molecule has 0 aliphatic rings. The Bertz CT molecular complexity index is 375. The van der Waals surface area contributed by atoms with E-state index in [0.29, 0.717) is 5.46 Å². The average Bonchev–Trinajstić information content (AvgIpc) is 2.27. The van der Waals surface area contributed by atoms with Crippen LogP contribution in [0.4, 0.5) is 0 Å². The summed E-state index contributed by atoms with van der Waals surface area (Å²) >= 11 is 0. The van der Waals surface area contributed by atoms with Crippen LogP contribution in [0, 0.1) is 0 Å². The standard InChI is InChI=1S/C8H8BN3O3/c10-12-11-5-7-1-3-8(4-2-7)9(14)15-6-13/h1-4,6,14H,5H2. The van der Waals surface area contributed by atoms with Crippen LogP contribution >= 0.6 is 0 Å². The second kappa shape index (κ2) is 5.69. The zero-order valence-corrected chi connectivity index (χ0v) is 7.78. The first-order valence-corrected chi connectivity index (χ1v) is 4.15. The number of hydrogen-bond donors (Lipinski definition) is 1. The Hall–Kier alpha value is -1.98. The molecule has 1 aromatic carbocycles. The monoisotopic (exact) mass is 205 g/mol. The minimum Gasteiger partial charge on any atom is -0.508 e. The van der Waals surface area contributed by atoms with E-state index in [1.807, 2.05) is 0 Å². The first-order valence-electron chi connectivity index (χ1n) is 4.15. The van der Waals surface area contributed by atoms with Crippen molar-refractivity contribution in [3.05, 3.63) is 40.3 Å². The summed E-state index contributed by atoms with van der Waals surface area (Å²) in [6.45, 7) is 0.431. The smallest absolute Gasteiger partial charge is 0.508 e. The van der Waals surface area contributed by atoms with Gasteiger partial charge in [0, 0.05) is 4.91 Å².